The maximum atomic E-state index is 11.6. The number of benzene rings is 2. The van der Waals surface area contributed by atoms with Crippen molar-refractivity contribution < 1.29 is 14.6 Å². The second-order valence-electron chi connectivity index (χ2n) is 4.11. The molecule has 0 amide bonds. The number of aromatic hydroxyl groups is 1. The minimum Gasteiger partial charge on any atom is -0.507 e. The molecule has 2 aromatic rings. The zero-order valence-electron chi connectivity index (χ0n) is 11.0. The Morgan fingerprint density at radius 1 is 1.35 bits per heavy atom. The lowest BCUT2D eigenvalue weighted by Crippen LogP contribution is -2.06. The summed E-state index contributed by atoms with van der Waals surface area (Å²) < 4.78 is 4.81. The van der Waals surface area contributed by atoms with Crippen molar-refractivity contribution in [2.45, 2.75) is 6.92 Å². The van der Waals surface area contributed by atoms with Gasteiger partial charge in [-0.25, -0.2) is 4.79 Å². The normalized spacial score (nSPS) is 11.1. The number of nitriles is 1. The van der Waals surface area contributed by atoms with Gasteiger partial charge in [0.05, 0.1) is 6.61 Å². The van der Waals surface area contributed by atoms with Crippen LogP contribution in [0.4, 0.5) is 0 Å². The number of carbonyl (C=O) groups is 1. The fourth-order valence-electron chi connectivity index (χ4n) is 1.93. The average Bonchev–Trinajstić information content (AvgIpc) is 2.46. The number of phenols is 1. The standard InChI is InChI=1S/C16H13NO3/c1-2-20-16(19)12(10-17)9-14-13-6-4-3-5-11(13)7-8-15(14)18/h3-9,18H,2H2,1H3/b12-9-. The molecule has 2 rings (SSSR count). The van der Waals surface area contributed by atoms with Gasteiger partial charge in [-0.3, -0.25) is 0 Å². The highest BCUT2D eigenvalue weighted by Crippen LogP contribution is 2.29. The van der Waals surface area contributed by atoms with Crippen LogP contribution in [0.3, 0.4) is 0 Å². The van der Waals surface area contributed by atoms with E-state index in [1.165, 1.54) is 12.1 Å². The predicted molar refractivity (Wildman–Crippen MR) is 75.8 cm³/mol. The Balaban J connectivity index is 2.60. The van der Waals surface area contributed by atoms with E-state index in [0.29, 0.717) is 5.56 Å². The topological polar surface area (TPSA) is 70.3 Å². The number of phenolic OH excluding ortho intramolecular Hbond substituents is 1. The molecular weight excluding hydrogens is 254 g/mol. The number of ether oxygens (including phenoxy) is 1. The molecule has 0 bridgehead atoms. The second kappa shape index (κ2) is 5.89. The Bertz CT molecular complexity index is 726. The van der Waals surface area contributed by atoms with Gasteiger partial charge in [-0.05, 0) is 29.8 Å². The van der Waals surface area contributed by atoms with Crippen molar-refractivity contribution in [3.05, 3.63) is 47.5 Å². The zero-order chi connectivity index (χ0) is 14.5. The predicted octanol–water partition coefficient (Wildman–Crippen LogP) is 3.02. The molecule has 100 valence electrons. The van der Waals surface area contributed by atoms with Gasteiger partial charge >= 0.3 is 5.97 Å². The SMILES string of the molecule is CCOC(=O)/C(C#N)=C\c1c(O)ccc2ccccc12. The van der Waals surface area contributed by atoms with Crippen molar-refractivity contribution in [3.63, 3.8) is 0 Å². The first-order valence-electron chi connectivity index (χ1n) is 6.17. The molecule has 2 aromatic carbocycles. The lowest BCUT2D eigenvalue weighted by atomic mass is 10.0. The van der Waals surface area contributed by atoms with Gasteiger partial charge in [0.15, 0.2) is 0 Å². The summed E-state index contributed by atoms with van der Waals surface area (Å²) in [4.78, 5) is 11.6. The minimum atomic E-state index is -0.692. The molecule has 0 fully saturated rings. The van der Waals surface area contributed by atoms with Gasteiger partial charge in [0.2, 0.25) is 0 Å². The third-order valence-corrected chi connectivity index (χ3v) is 2.85. The van der Waals surface area contributed by atoms with Crippen LogP contribution in [-0.2, 0) is 9.53 Å². The van der Waals surface area contributed by atoms with Crippen molar-refractivity contribution in [2.24, 2.45) is 0 Å². The summed E-state index contributed by atoms with van der Waals surface area (Å²) in [6, 6.07) is 12.5. The maximum absolute atomic E-state index is 11.6. The summed E-state index contributed by atoms with van der Waals surface area (Å²) in [6.45, 7) is 1.86. The summed E-state index contributed by atoms with van der Waals surface area (Å²) in [5, 5.41) is 20.7. The summed E-state index contributed by atoms with van der Waals surface area (Å²) in [7, 11) is 0. The third-order valence-electron chi connectivity index (χ3n) is 2.85. The summed E-state index contributed by atoms with van der Waals surface area (Å²) >= 11 is 0. The zero-order valence-corrected chi connectivity index (χ0v) is 11.0. The number of hydrogen-bond acceptors (Lipinski definition) is 4. The molecule has 0 spiro atoms. The molecule has 0 heterocycles. The summed E-state index contributed by atoms with van der Waals surface area (Å²) in [5.74, 6) is -0.678. The molecule has 0 radical (unpaired) electrons. The van der Waals surface area contributed by atoms with Crippen molar-refractivity contribution >= 4 is 22.8 Å². The molecule has 4 nitrogen and oxygen atoms in total. The highest BCUT2D eigenvalue weighted by molar-refractivity contribution is 6.02. The molecule has 0 saturated carbocycles. The van der Waals surface area contributed by atoms with Crippen molar-refractivity contribution in [1.82, 2.24) is 0 Å². The lowest BCUT2D eigenvalue weighted by molar-refractivity contribution is -0.137. The highest BCUT2D eigenvalue weighted by atomic mass is 16.5. The van der Waals surface area contributed by atoms with E-state index in [-0.39, 0.29) is 17.9 Å². The first kappa shape index (κ1) is 13.6. The van der Waals surface area contributed by atoms with Crippen LogP contribution in [0.15, 0.2) is 42.0 Å². The van der Waals surface area contributed by atoms with Gasteiger partial charge in [-0.15, -0.1) is 0 Å². The molecule has 0 aliphatic heterocycles. The summed E-state index contributed by atoms with van der Waals surface area (Å²) in [6.07, 6.45) is 1.36. The van der Waals surface area contributed by atoms with Crippen LogP contribution in [0.1, 0.15) is 12.5 Å². The first-order chi connectivity index (χ1) is 9.67. The first-order valence-corrected chi connectivity index (χ1v) is 6.17. The second-order valence-corrected chi connectivity index (χ2v) is 4.11. The van der Waals surface area contributed by atoms with Crippen LogP contribution in [0.2, 0.25) is 0 Å². The average molecular weight is 267 g/mol. The lowest BCUT2D eigenvalue weighted by Gasteiger charge is -2.06. The van der Waals surface area contributed by atoms with E-state index in [1.54, 1.807) is 19.1 Å². The van der Waals surface area contributed by atoms with E-state index in [1.807, 2.05) is 24.3 Å². The van der Waals surface area contributed by atoms with Gasteiger partial charge in [0.25, 0.3) is 0 Å². The quantitative estimate of drug-likeness (QED) is 0.527. The van der Waals surface area contributed by atoms with Crippen LogP contribution in [0.25, 0.3) is 16.8 Å². The van der Waals surface area contributed by atoms with E-state index in [9.17, 15) is 9.90 Å². The smallest absolute Gasteiger partial charge is 0.348 e. The molecule has 1 N–H and O–H groups in total. The van der Waals surface area contributed by atoms with Crippen molar-refractivity contribution in [3.8, 4) is 11.8 Å². The molecule has 0 aromatic heterocycles. The largest absolute Gasteiger partial charge is 0.507 e. The van der Waals surface area contributed by atoms with Crippen LogP contribution < -0.4 is 0 Å². The van der Waals surface area contributed by atoms with Crippen LogP contribution in [-0.4, -0.2) is 17.7 Å². The Kier molecular flexibility index (Phi) is 4.02. The summed E-state index contributed by atoms with van der Waals surface area (Å²) in [5.41, 5.74) is 0.297. The number of hydrogen-bond donors (Lipinski definition) is 1. The van der Waals surface area contributed by atoms with Crippen LogP contribution in [0, 0.1) is 11.3 Å². The monoisotopic (exact) mass is 267 g/mol. The van der Waals surface area contributed by atoms with Crippen LogP contribution >= 0.6 is 0 Å². The van der Waals surface area contributed by atoms with E-state index in [0.717, 1.165) is 10.8 Å². The van der Waals surface area contributed by atoms with Crippen molar-refractivity contribution in [2.75, 3.05) is 6.61 Å². The van der Waals surface area contributed by atoms with E-state index in [4.69, 9.17) is 10.00 Å². The highest BCUT2D eigenvalue weighted by Gasteiger charge is 2.12. The number of nitrogens with zero attached hydrogens (tertiary/aromatic N) is 1. The van der Waals surface area contributed by atoms with Gasteiger partial charge in [0, 0.05) is 5.56 Å². The van der Waals surface area contributed by atoms with Crippen molar-refractivity contribution in [1.29, 1.82) is 5.26 Å². The molecular formula is C16H13NO3. The number of fused-ring (bicyclic) bond motifs is 1. The van der Waals surface area contributed by atoms with Crippen LogP contribution in [0.5, 0.6) is 5.75 Å². The fraction of sp³-hybridized carbons (Fsp3) is 0.125. The van der Waals surface area contributed by atoms with E-state index in [2.05, 4.69) is 0 Å². The fourth-order valence-corrected chi connectivity index (χ4v) is 1.93. The number of rotatable bonds is 3. The molecule has 0 atom stereocenters. The number of esters is 1. The maximum Gasteiger partial charge on any atom is 0.348 e. The van der Waals surface area contributed by atoms with E-state index >= 15 is 0 Å². The van der Waals surface area contributed by atoms with E-state index < -0.39 is 5.97 Å². The molecule has 0 aliphatic rings. The Morgan fingerprint density at radius 3 is 2.80 bits per heavy atom. The Labute approximate surface area is 116 Å². The Hall–Kier alpha value is -2.80. The van der Waals surface area contributed by atoms with Gasteiger partial charge in [0.1, 0.15) is 17.4 Å². The molecule has 0 unspecified atom stereocenters. The minimum absolute atomic E-state index is 0.0146. The molecule has 0 saturated heterocycles. The Morgan fingerprint density at radius 2 is 2.10 bits per heavy atom. The van der Waals surface area contributed by atoms with Gasteiger partial charge in [-0.2, -0.15) is 5.26 Å². The van der Waals surface area contributed by atoms with Gasteiger partial charge in [-0.1, -0.05) is 30.3 Å². The van der Waals surface area contributed by atoms with Gasteiger partial charge < -0.3 is 9.84 Å². The number of carbonyl (C=O) groups excluding carboxylic acids is 1. The molecule has 0 aliphatic carbocycles. The third kappa shape index (κ3) is 2.62. The molecule has 4 heteroatoms. The molecule has 20 heavy (non-hydrogen) atoms.